The average molecular weight is 489 g/mol. The van der Waals surface area contributed by atoms with Gasteiger partial charge in [-0.1, -0.05) is 0 Å². The lowest BCUT2D eigenvalue weighted by molar-refractivity contribution is -0.120. The number of hydrogen-bond acceptors (Lipinski definition) is 6. The highest BCUT2D eigenvalue weighted by Gasteiger charge is 2.34. The van der Waals surface area contributed by atoms with Crippen LogP contribution in [-0.4, -0.2) is 73.8 Å². The Labute approximate surface area is 198 Å². The monoisotopic (exact) mass is 488 g/mol. The summed E-state index contributed by atoms with van der Waals surface area (Å²) < 4.78 is 38.9. The van der Waals surface area contributed by atoms with Crippen molar-refractivity contribution in [3.63, 3.8) is 0 Å². The largest absolute Gasteiger partial charge is 0.486 e. The number of amides is 2. The molecule has 0 radical (unpaired) electrons. The summed E-state index contributed by atoms with van der Waals surface area (Å²) in [6.45, 7) is 2.72. The number of rotatable bonds is 5. The quantitative estimate of drug-likeness (QED) is 0.665. The van der Waals surface area contributed by atoms with Crippen molar-refractivity contribution in [2.24, 2.45) is 5.92 Å². The van der Waals surface area contributed by atoms with Crippen LogP contribution in [0.4, 0.5) is 5.69 Å². The van der Waals surface area contributed by atoms with E-state index in [-0.39, 0.29) is 28.9 Å². The molecular weight excluding hydrogens is 460 g/mol. The van der Waals surface area contributed by atoms with Gasteiger partial charge in [0.15, 0.2) is 11.5 Å². The summed E-state index contributed by atoms with van der Waals surface area (Å²) in [4.78, 5) is 30.1. The molecule has 0 aliphatic carbocycles. The summed E-state index contributed by atoms with van der Waals surface area (Å²) in [5, 5.41) is 2.87. The molecule has 10 nitrogen and oxygen atoms in total. The zero-order valence-corrected chi connectivity index (χ0v) is 19.6. The number of nitrogens with zero attached hydrogens (tertiary/aromatic N) is 2. The maximum Gasteiger partial charge on any atom is 0.270 e. The van der Waals surface area contributed by atoms with Gasteiger partial charge in [-0.25, -0.2) is 8.42 Å². The number of aromatic nitrogens is 1. The third-order valence-corrected chi connectivity index (χ3v) is 8.33. The van der Waals surface area contributed by atoms with E-state index in [1.54, 1.807) is 23.1 Å². The van der Waals surface area contributed by atoms with Gasteiger partial charge in [-0.15, -0.1) is 0 Å². The minimum atomic E-state index is -3.83. The van der Waals surface area contributed by atoms with E-state index < -0.39 is 15.9 Å². The second-order valence-electron chi connectivity index (χ2n) is 8.80. The average Bonchev–Trinajstić information content (AvgIpc) is 3.57. The molecule has 182 valence electrons. The fourth-order valence-corrected chi connectivity index (χ4v) is 6.15. The van der Waals surface area contributed by atoms with Gasteiger partial charge in [-0.3, -0.25) is 9.59 Å². The molecule has 3 aliphatic rings. The summed E-state index contributed by atoms with van der Waals surface area (Å²) in [7, 11) is -3.83. The van der Waals surface area contributed by atoms with Crippen LogP contribution in [0.2, 0.25) is 0 Å². The molecule has 1 aromatic carbocycles. The Morgan fingerprint density at radius 2 is 1.76 bits per heavy atom. The lowest BCUT2D eigenvalue weighted by Crippen LogP contribution is -2.43. The van der Waals surface area contributed by atoms with Gasteiger partial charge in [0.1, 0.15) is 23.8 Å². The standard InChI is InChI=1S/C23H28N4O6S/c28-22(25-17-5-6-20-21(12-17)33-11-10-32-20)16-4-3-9-27(15-16)34(30,31)18-13-19(24-14-18)23(29)26-7-1-2-8-26/h5-6,12-14,16,24H,1-4,7-11,15H2,(H,25,28)/t16-/m0/s1. The predicted octanol–water partition coefficient (Wildman–Crippen LogP) is 2.06. The number of carbonyl (C=O) groups is 2. The number of sulfonamides is 1. The summed E-state index contributed by atoms with van der Waals surface area (Å²) in [5.41, 5.74) is 0.843. The molecule has 1 aromatic heterocycles. The first-order chi connectivity index (χ1) is 16.4. The Morgan fingerprint density at radius 3 is 2.56 bits per heavy atom. The molecule has 2 amide bonds. The number of fused-ring (bicyclic) bond motifs is 1. The predicted molar refractivity (Wildman–Crippen MR) is 123 cm³/mol. The molecule has 11 heteroatoms. The molecule has 0 unspecified atom stereocenters. The van der Waals surface area contributed by atoms with Crippen LogP contribution in [0.1, 0.15) is 36.2 Å². The van der Waals surface area contributed by atoms with Crippen molar-refractivity contribution in [3.8, 4) is 11.5 Å². The highest BCUT2D eigenvalue weighted by atomic mass is 32.2. The summed E-state index contributed by atoms with van der Waals surface area (Å²) in [6, 6.07) is 6.59. The third-order valence-electron chi connectivity index (χ3n) is 6.48. The smallest absolute Gasteiger partial charge is 0.270 e. The van der Waals surface area contributed by atoms with E-state index in [4.69, 9.17) is 9.47 Å². The number of piperidine rings is 1. The topological polar surface area (TPSA) is 121 Å². The Balaban J connectivity index is 1.25. The van der Waals surface area contributed by atoms with Crippen molar-refractivity contribution in [2.75, 3.05) is 44.7 Å². The minimum absolute atomic E-state index is 0.0444. The number of hydrogen-bond donors (Lipinski definition) is 2. The van der Waals surface area contributed by atoms with Gasteiger partial charge in [0, 0.05) is 44.1 Å². The molecule has 2 saturated heterocycles. The van der Waals surface area contributed by atoms with Gasteiger partial charge in [0.05, 0.1) is 5.92 Å². The van der Waals surface area contributed by atoms with Crippen molar-refractivity contribution in [2.45, 2.75) is 30.6 Å². The van der Waals surface area contributed by atoms with Crippen LogP contribution in [-0.2, 0) is 14.8 Å². The first-order valence-electron chi connectivity index (χ1n) is 11.6. The molecule has 0 saturated carbocycles. The van der Waals surface area contributed by atoms with Crippen molar-refractivity contribution < 1.29 is 27.5 Å². The van der Waals surface area contributed by atoms with Gasteiger partial charge in [-0.05, 0) is 43.9 Å². The van der Waals surface area contributed by atoms with Crippen molar-refractivity contribution in [1.29, 1.82) is 0 Å². The molecule has 1 atom stereocenters. The van der Waals surface area contributed by atoms with Crippen molar-refractivity contribution >= 4 is 27.5 Å². The third kappa shape index (κ3) is 4.49. The molecule has 2 N–H and O–H groups in total. The Bertz CT molecular complexity index is 1190. The maximum atomic E-state index is 13.3. The molecule has 34 heavy (non-hydrogen) atoms. The van der Waals surface area contributed by atoms with E-state index in [9.17, 15) is 18.0 Å². The minimum Gasteiger partial charge on any atom is -0.486 e. The molecule has 0 bridgehead atoms. The zero-order chi connectivity index (χ0) is 23.7. The first kappa shape index (κ1) is 22.7. The first-order valence-corrected chi connectivity index (χ1v) is 13.0. The number of carbonyl (C=O) groups excluding carboxylic acids is 2. The van der Waals surface area contributed by atoms with Crippen LogP contribution >= 0.6 is 0 Å². The second-order valence-corrected chi connectivity index (χ2v) is 10.7. The van der Waals surface area contributed by atoms with Crippen LogP contribution in [0.3, 0.4) is 0 Å². The van der Waals surface area contributed by atoms with Crippen LogP contribution in [0.15, 0.2) is 35.4 Å². The number of likely N-dealkylation sites (tertiary alicyclic amines) is 1. The van der Waals surface area contributed by atoms with Crippen LogP contribution in [0.5, 0.6) is 11.5 Å². The van der Waals surface area contributed by atoms with Gasteiger partial charge >= 0.3 is 0 Å². The van der Waals surface area contributed by atoms with Crippen LogP contribution in [0.25, 0.3) is 0 Å². The number of ether oxygens (including phenoxy) is 2. The normalized spacial score (nSPS) is 20.8. The molecular formula is C23H28N4O6S. The fourth-order valence-electron chi connectivity index (χ4n) is 4.63. The number of H-pyrrole nitrogens is 1. The lowest BCUT2D eigenvalue weighted by atomic mass is 9.98. The Hall–Kier alpha value is -3.05. The van der Waals surface area contributed by atoms with Crippen molar-refractivity contribution in [1.82, 2.24) is 14.2 Å². The lowest BCUT2D eigenvalue weighted by Gasteiger charge is -2.31. The van der Waals surface area contributed by atoms with Gasteiger partial charge in [-0.2, -0.15) is 4.31 Å². The molecule has 0 spiro atoms. The Morgan fingerprint density at radius 1 is 1.00 bits per heavy atom. The Kier molecular flexibility index (Phi) is 6.22. The fraction of sp³-hybridized carbons (Fsp3) is 0.478. The number of aromatic amines is 1. The zero-order valence-electron chi connectivity index (χ0n) is 18.8. The molecule has 3 aliphatic heterocycles. The van der Waals surface area contributed by atoms with Gasteiger partial charge in [0.25, 0.3) is 5.91 Å². The maximum absolute atomic E-state index is 13.3. The van der Waals surface area contributed by atoms with E-state index in [1.807, 2.05) is 0 Å². The number of benzene rings is 1. The summed E-state index contributed by atoms with van der Waals surface area (Å²) in [5.74, 6) is 0.295. The second kappa shape index (κ2) is 9.30. The molecule has 5 rings (SSSR count). The van der Waals surface area contributed by atoms with Crippen LogP contribution < -0.4 is 14.8 Å². The van der Waals surface area contributed by atoms with E-state index in [2.05, 4.69) is 10.3 Å². The van der Waals surface area contributed by atoms with E-state index in [0.717, 1.165) is 12.8 Å². The number of nitrogens with one attached hydrogen (secondary N) is 2. The van der Waals surface area contributed by atoms with Gasteiger partial charge in [0.2, 0.25) is 15.9 Å². The summed E-state index contributed by atoms with van der Waals surface area (Å²) in [6.07, 6.45) is 4.44. The highest BCUT2D eigenvalue weighted by Crippen LogP contribution is 2.33. The highest BCUT2D eigenvalue weighted by molar-refractivity contribution is 7.89. The molecule has 2 fully saturated rings. The van der Waals surface area contributed by atoms with E-state index >= 15 is 0 Å². The van der Waals surface area contributed by atoms with E-state index in [1.165, 1.54) is 16.6 Å². The van der Waals surface area contributed by atoms with Gasteiger partial charge < -0.3 is 24.7 Å². The van der Waals surface area contributed by atoms with E-state index in [0.29, 0.717) is 62.9 Å². The summed E-state index contributed by atoms with van der Waals surface area (Å²) >= 11 is 0. The number of anilines is 1. The van der Waals surface area contributed by atoms with Crippen LogP contribution in [0, 0.1) is 5.92 Å². The van der Waals surface area contributed by atoms with Crippen molar-refractivity contribution in [3.05, 3.63) is 36.2 Å². The molecule has 4 heterocycles. The molecule has 2 aromatic rings. The SMILES string of the molecule is O=C(Nc1ccc2c(c1)OCCO2)[C@H]1CCCN(S(=O)(=O)c2c[nH]c(C(=O)N3CCCC3)c2)C1.